The van der Waals surface area contributed by atoms with Crippen LogP contribution in [-0.2, 0) is 4.79 Å². The standard InChI is InChI=1S/C17H14F4N2O3S/c1-10(26-13-6-4-12(18)5-7-13)15(24)22-23-16(25)11-2-8-14(9-3-11)27-17(19,20)21/h2-10H,1H3,(H,22,24)(H,23,25). The van der Waals surface area contributed by atoms with E-state index in [0.717, 1.165) is 12.1 Å². The fraction of sp³-hybridized carbons (Fsp3) is 0.176. The summed E-state index contributed by atoms with van der Waals surface area (Å²) in [6.07, 6.45) is -0.985. The van der Waals surface area contributed by atoms with Crippen molar-refractivity contribution in [3.63, 3.8) is 0 Å². The fourth-order valence-electron chi connectivity index (χ4n) is 1.87. The number of rotatable bonds is 5. The van der Waals surface area contributed by atoms with E-state index in [-0.39, 0.29) is 28.0 Å². The Kier molecular flexibility index (Phi) is 6.67. The van der Waals surface area contributed by atoms with Gasteiger partial charge in [-0.05, 0) is 67.2 Å². The van der Waals surface area contributed by atoms with Crippen molar-refractivity contribution < 1.29 is 31.9 Å². The zero-order chi connectivity index (χ0) is 20.0. The van der Waals surface area contributed by atoms with Gasteiger partial charge < -0.3 is 4.74 Å². The van der Waals surface area contributed by atoms with E-state index < -0.39 is 29.2 Å². The minimum absolute atomic E-state index is 0.0638. The summed E-state index contributed by atoms with van der Waals surface area (Å²) >= 11 is -0.296. The Balaban J connectivity index is 1.85. The van der Waals surface area contributed by atoms with Gasteiger partial charge in [0, 0.05) is 10.5 Å². The van der Waals surface area contributed by atoms with Crippen LogP contribution in [0.5, 0.6) is 5.75 Å². The van der Waals surface area contributed by atoms with Crippen molar-refractivity contribution in [1.82, 2.24) is 10.9 Å². The normalized spacial score (nSPS) is 12.2. The number of thioether (sulfide) groups is 1. The van der Waals surface area contributed by atoms with Gasteiger partial charge in [0.1, 0.15) is 11.6 Å². The topological polar surface area (TPSA) is 67.4 Å². The Labute approximate surface area is 156 Å². The summed E-state index contributed by atoms with van der Waals surface area (Å²) < 4.78 is 54.9. The van der Waals surface area contributed by atoms with Crippen molar-refractivity contribution in [2.75, 3.05) is 0 Å². The molecular formula is C17H14F4N2O3S. The largest absolute Gasteiger partial charge is 0.481 e. The molecule has 10 heteroatoms. The van der Waals surface area contributed by atoms with Gasteiger partial charge in [0.2, 0.25) is 0 Å². The monoisotopic (exact) mass is 402 g/mol. The smallest absolute Gasteiger partial charge is 0.446 e. The summed E-state index contributed by atoms with van der Waals surface area (Å²) in [6, 6.07) is 9.73. The second-order valence-corrected chi connectivity index (χ2v) is 6.37. The van der Waals surface area contributed by atoms with Crippen molar-refractivity contribution >= 4 is 23.6 Å². The number of carbonyl (C=O) groups excluding carboxylic acids is 2. The third-order valence-electron chi connectivity index (χ3n) is 3.15. The van der Waals surface area contributed by atoms with Gasteiger partial charge in [0.05, 0.1) is 0 Å². The first-order valence-corrected chi connectivity index (χ1v) is 8.34. The zero-order valence-corrected chi connectivity index (χ0v) is 14.7. The lowest BCUT2D eigenvalue weighted by Crippen LogP contribution is -2.47. The van der Waals surface area contributed by atoms with Crippen LogP contribution >= 0.6 is 11.8 Å². The average Bonchev–Trinajstić information content (AvgIpc) is 2.60. The number of ether oxygens (including phenoxy) is 1. The highest BCUT2D eigenvalue weighted by Gasteiger charge is 2.29. The molecule has 2 aromatic rings. The number of nitrogens with one attached hydrogen (secondary N) is 2. The number of benzene rings is 2. The van der Waals surface area contributed by atoms with Crippen LogP contribution in [0.1, 0.15) is 17.3 Å². The van der Waals surface area contributed by atoms with Crippen LogP contribution in [0.25, 0.3) is 0 Å². The van der Waals surface area contributed by atoms with Gasteiger partial charge in [-0.25, -0.2) is 4.39 Å². The van der Waals surface area contributed by atoms with Gasteiger partial charge in [-0.3, -0.25) is 20.4 Å². The summed E-state index contributed by atoms with van der Waals surface area (Å²) in [4.78, 5) is 23.8. The number of amides is 2. The minimum Gasteiger partial charge on any atom is -0.481 e. The van der Waals surface area contributed by atoms with Gasteiger partial charge in [0.15, 0.2) is 6.10 Å². The van der Waals surface area contributed by atoms with Crippen LogP contribution in [0, 0.1) is 5.82 Å². The van der Waals surface area contributed by atoms with Gasteiger partial charge >= 0.3 is 5.51 Å². The lowest BCUT2D eigenvalue weighted by molar-refractivity contribution is -0.128. The quantitative estimate of drug-likeness (QED) is 0.455. The molecule has 0 aliphatic carbocycles. The number of hydrazine groups is 1. The molecule has 0 radical (unpaired) electrons. The molecule has 1 atom stereocenters. The van der Waals surface area contributed by atoms with Crippen LogP contribution in [0.3, 0.4) is 0 Å². The molecule has 2 amide bonds. The molecule has 2 N–H and O–H groups in total. The molecule has 0 saturated carbocycles. The molecule has 0 bridgehead atoms. The number of hydrogen-bond acceptors (Lipinski definition) is 4. The Bertz CT molecular complexity index is 795. The summed E-state index contributed by atoms with van der Waals surface area (Å²) in [5.74, 6) is -1.56. The molecule has 1 unspecified atom stereocenters. The third-order valence-corrected chi connectivity index (χ3v) is 3.88. The molecule has 0 spiro atoms. The van der Waals surface area contributed by atoms with E-state index in [1.54, 1.807) is 0 Å². The Hall–Kier alpha value is -2.75. The number of hydrogen-bond donors (Lipinski definition) is 2. The predicted molar refractivity (Wildman–Crippen MR) is 90.5 cm³/mol. The number of carbonyl (C=O) groups is 2. The highest BCUT2D eigenvalue weighted by Crippen LogP contribution is 2.36. The second-order valence-electron chi connectivity index (χ2n) is 5.23. The molecular weight excluding hydrogens is 388 g/mol. The molecule has 0 aliphatic rings. The molecule has 2 rings (SSSR count). The van der Waals surface area contributed by atoms with Crippen LogP contribution in [0.15, 0.2) is 53.4 Å². The minimum atomic E-state index is -4.42. The van der Waals surface area contributed by atoms with Crippen molar-refractivity contribution in [2.24, 2.45) is 0 Å². The molecule has 0 saturated heterocycles. The maximum Gasteiger partial charge on any atom is 0.446 e. The summed E-state index contributed by atoms with van der Waals surface area (Å²) in [6.45, 7) is 1.42. The van der Waals surface area contributed by atoms with Crippen LogP contribution < -0.4 is 15.6 Å². The molecule has 2 aromatic carbocycles. The summed E-state index contributed by atoms with van der Waals surface area (Å²) in [5, 5.41) is 0. The highest BCUT2D eigenvalue weighted by molar-refractivity contribution is 8.00. The maximum atomic E-state index is 12.8. The summed E-state index contributed by atoms with van der Waals surface area (Å²) in [7, 11) is 0. The maximum absolute atomic E-state index is 12.8. The van der Waals surface area contributed by atoms with Gasteiger partial charge in [-0.15, -0.1) is 0 Å². The third kappa shape index (κ3) is 6.81. The van der Waals surface area contributed by atoms with Crippen molar-refractivity contribution in [1.29, 1.82) is 0 Å². The van der Waals surface area contributed by atoms with E-state index in [0.29, 0.717) is 0 Å². The fourth-order valence-corrected chi connectivity index (χ4v) is 2.41. The van der Waals surface area contributed by atoms with Crippen LogP contribution in [0.2, 0.25) is 0 Å². The van der Waals surface area contributed by atoms with Crippen molar-refractivity contribution in [3.05, 3.63) is 59.9 Å². The first-order valence-electron chi connectivity index (χ1n) is 7.52. The van der Waals surface area contributed by atoms with E-state index in [9.17, 15) is 27.2 Å². The Morgan fingerprint density at radius 1 is 1.00 bits per heavy atom. The highest BCUT2D eigenvalue weighted by atomic mass is 32.2. The van der Waals surface area contributed by atoms with E-state index in [2.05, 4.69) is 10.9 Å². The van der Waals surface area contributed by atoms with E-state index >= 15 is 0 Å². The molecule has 0 heterocycles. The SMILES string of the molecule is CC(Oc1ccc(F)cc1)C(=O)NNC(=O)c1ccc(SC(F)(F)F)cc1. The molecule has 144 valence electrons. The molecule has 27 heavy (non-hydrogen) atoms. The first-order chi connectivity index (χ1) is 12.6. The van der Waals surface area contributed by atoms with Gasteiger partial charge in [-0.1, -0.05) is 0 Å². The molecule has 5 nitrogen and oxygen atoms in total. The van der Waals surface area contributed by atoms with Crippen LogP contribution in [0.4, 0.5) is 17.6 Å². The Morgan fingerprint density at radius 3 is 2.15 bits per heavy atom. The number of alkyl halides is 3. The average molecular weight is 402 g/mol. The first kappa shape index (κ1) is 20.6. The van der Waals surface area contributed by atoms with E-state index in [4.69, 9.17) is 4.74 Å². The second kappa shape index (κ2) is 8.76. The lowest BCUT2D eigenvalue weighted by Gasteiger charge is -2.15. The van der Waals surface area contributed by atoms with E-state index in [1.807, 2.05) is 0 Å². The molecule has 0 aliphatic heterocycles. The van der Waals surface area contributed by atoms with Crippen LogP contribution in [-0.4, -0.2) is 23.4 Å². The summed E-state index contributed by atoms with van der Waals surface area (Å²) in [5.41, 5.74) is -0.0773. The Morgan fingerprint density at radius 2 is 1.59 bits per heavy atom. The number of halogens is 4. The van der Waals surface area contributed by atoms with Crippen molar-refractivity contribution in [2.45, 2.75) is 23.4 Å². The molecule has 0 aromatic heterocycles. The lowest BCUT2D eigenvalue weighted by atomic mass is 10.2. The van der Waals surface area contributed by atoms with Gasteiger partial charge in [-0.2, -0.15) is 13.2 Å². The zero-order valence-electron chi connectivity index (χ0n) is 13.8. The molecule has 0 fully saturated rings. The predicted octanol–water partition coefficient (Wildman–Crippen LogP) is 3.67. The van der Waals surface area contributed by atoms with Crippen molar-refractivity contribution in [3.8, 4) is 5.75 Å². The van der Waals surface area contributed by atoms with E-state index in [1.165, 1.54) is 43.3 Å². The van der Waals surface area contributed by atoms with Gasteiger partial charge in [0.25, 0.3) is 11.8 Å².